The molecule has 1 heterocycles. The normalized spacial score (nSPS) is 26.6. The number of carbonyl (C=O) groups excluding carboxylic acids is 2. The maximum Gasteiger partial charge on any atom is 0.422 e. The van der Waals surface area contributed by atoms with Crippen LogP contribution < -0.4 is 4.90 Å². The molecule has 1 saturated heterocycles. The fourth-order valence-corrected chi connectivity index (χ4v) is 2.78. The Kier molecular flexibility index (Phi) is 2.66. The number of allylic oxidation sites excluding steroid dienone is 1. The predicted octanol–water partition coefficient (Wildman–Crippen LogP) is 3.04. The molecule has 2 aliphatic rings. The van der Waals surface area contributed by atoms with E-state index >= 15 is 0 Å². The molecule has 1 aromatic rings. The third-order valence-electron chi connectivity index (χ3n) is 3.68. The van der Waals surface area contributed by atoms with Gasteiger partial charge in [-0.2, -0.15) is 0 Å². The summed E-state index contributed by atoms with van der Waals surface area (Å²) in [6.45, 7) is 1.97. The van der Waals surface area contributed by atoms with Crippen molar-refractivity contribution in [3.63, 3.8) is 0 Å². The Balaban J connectivity index is 1.96. The molecular formula is C15H15NO3. The molecule has 1 unspecified atom stereocenters. The van der Waals surface area contributed by atoms with Gasteiger partial charge < -0.3 is 4.74 Å². The molecule has 4 heteroatoms. The first kappa shape index (κ1) is 12.0. The Morgan fingerprint density at radius 2 is 1.95 bits per heavy atom. The number of carbonyl (C=O) groups is 2. The molecule has 98 valence electrons. The summed E-state index contributed by atoms with van der Waals surface area (Å²) in [5, 5.41) is 0. The van der Waals surface area contributed by atoms with Crippen LogP contribution in [0.5, 0.6) is 0 Å². The molecule has 0 saturated carbocycles. The lowest BCUT2D eigenvalue weighted by Crippen LogP contribution is -2.42. The number of nitrogens with zero attached hydrogens (tertiary/aromatic N) is 1. The first-order valence-corrected chi connectivity index (χ1v) is 6.41. The van der Waals surface area contributed by atoms with Crippen molar-refractivity contribution in [2.75, 3.05) is 4.90 Å². The van der Waals surface area contributed by atoms with Gasteiger partial charge >= 0.3 is 6.09 Å². The SMILES string of the molecule is CC1=CCCC2(C1)OC(=O)N(c1ccccc1)C2=O. The van der Waals surface area contributed by atoms with Gasteiger partial charge in [-0.05, 0) is 25.5 Å². The fraction of sp³-hybridized carbons (Fsp3) is 0.333. The van der Waals surface area contributed by atoms with E-state index in [-0.39, 0.29) is 5.91 Å². The minimum Gasteiger partial charge on any atom is -0.432 e. The standard InChI is InChI=1S/C15H15NO3/c1-11-6-5-9-15(10-11)13(17)16(14(18)19-15)12-7-3-2-4-8-12/h2-4,6-8H,5,9-10H2,1H3. The summed E-state index contributed by atoms with van der Waals surface area (Å²) in [4.78, 5) is 25.8. The number of benzene rings is 1. The summed E-state index contributed by atoms with van der Waals surface area (Å²) in [6.07, 6.45) is 3.37. The zero-order chi connectivity index (χ0) is 13.5. The highest BCUT2D eigenvalue weighted by atomic mass is 16.6. The summed E-state index contributed by atoms with van der Waals surface area (Å²) in [7, 11) is 0. The van der Waals surface area contributed by atoms with Gasteiger partial charge in [-0.15, -0.1) is 0 Å². The van der Waals surface area contributed by atoms with Crippen molar-refractivity contribution < 1.29 is 14.3 Å². The van der Waals surface area contributed by atoms with Crippen LogP contribution in [-0.2, 0) is 9.53 Å². The lowest BCUT2D eigenvalue weighted by molar-refractivity contribution is -0.130. The molecule has 0 N–H and O–H groups in total. The maximum absolute atomic E-state index is 12.6. The van der Waals surface area contributed by atoms with Crippen molar-refractivity contribution in [3.05, 3.63) is 42.0 Å². The Hall–Kier alpha value is -2.10. The third-order valence-corrected chi connectivity index (χ3v) is 3.68. The Morgan fingerprint density at radius 3 is 2.63 bits per heavy atom. The van der Waals surface area contributed by atoms with Crippen LogP contribution in [0.15, 0.2) is 42.0 Å². The topological polar surface area (TPSA) is 46.6 Å². The zero-order valence-corrected chi connectivity index (χ0v) is 10.8. The van der Waals surface area contributed by atoms with Gasteiger partial charge in [0, 0.05) is 12.8 Å². The van der Waals surface area contributed by atoms with Gasteiger partial charge in [0.05, 0.1) is 5.69 Å². The van der Waals surface area contributed by atoms with Crippen molar-refractivity contribution in [1.82, 2.24) is 0 Å². The van der Waals surface area contributed by atoms with E-state index in [1.165, 1.54) is 0 Å². The van der Waals surface area contributed by atoms with Crippen LogP contribution in [0.2, 0.25) is 0 Å². The second-order valence-corrected chi connectivity index (χ2v) is 5.10. The quantitative estimate of drug-likeness (QED) is 0.726. The molecule has 1 aliphatic carbocycles. The van der Waals surface area contributed by atoms with Crippen LogP contribution in [0.4, 0.5) is 10.5 Å². The lowest BCUT2D eigenvalue weighted by atomic mass is 9.84. The fourth-order valence-electron chi connectivity index (χ4n) is 2.78. The minimum absolute atomic E-state index is 0.240. The first-order valence-electron chi connectivity index (χ1n) is 6.41. The number of imide groups is 1. The maximum atomic E-state index is 12.6. The van der Waals surface area contributed by atoms with Crippen LogP contribution in [0.3, 0.4) is 0 Å². The second kappa shape index (κ2) is 4.23. The summed E-state index contributed by atoms with van der Waals surface area (Å²) in [5.74, 6) is -0.240. The molecule has 0 bridgehead atoms. The van der Waals surface area contributed by atoms with Crippen molar-refractivity contribution in [1.29, 1.82) is 0 Å². The second-order valence-electron chi connectivity index (χ2n) is 5.10. The number of anilines is 1. The minimum atomic E-state index is -0.980. The van der Waals surface area contributed by atoms with Gasteiger partial charge in [0.15, 0.2) is 5.60 Å². The van der Waals surface area contributed by atoms with E-state index in [0.29, 0.717) is 18.5 Å². The molecule has 19 heavy (non-hydrogen) atoms. The highest BCUT2D eigenvalue weighted by Gasteiger charge is 2.54. The van der Waals surface area contributed by atoms with Gasteiger partial charge in [-0.25, -0.2) is 9.69 Å². The summed E-state index contributed by atoms with van der Waals surface area (Å²) in [5.41, 5.74) is 0.690. The average molecular weight is 257 g/mol. The molecular weight excluding hydrogens is 242 g/mol. The van der Waals surface area contributed by atoms with Crippen LogP contribution in [0.1, 0.15) is 26.2 Å². The monoisotopic (exact) mass is 257 g/mol. The first-order chi connectivity index (χ1) is 9.12. The van der Waals surface area contributed by atoms with Gasteiger partial charge in [-0.1, -0.05) is 29.8 Å². The zero-order valence-electron chi connectivity index (χ0n) is 10.8. The molecule has 3 rings (SSSR count). The number of rotatable bonds is 1. The van der Waals surface area contributed by atoms with Gasteiger partial charge in [0.25, 0.3) is 5.91 Å². The van der Waals surface area contributed by atoms with Crippen LogP contribution in [0.25, 0.3) is 0 Å². The highest BCUT2D eigenvalue weighted by Crippen LogP contribution is 2.39. The molecule has 1 atom stereocenters. The molecule has 1 fully saturated rings. The third kappa shape index (κ3) is 1.84. The Bertz CT molecular complexity index is 564. The molecule has 0 radical (unpaired) electrons. The number of hydrogen-bond acceptors (Lipinski definition) is 3. The van der Waals surface area contributed by atoms with E-state index < -0.39 is 11.7 Å². The largest absolute Gasteiger partial charge is 0.432 e. The molecule has 2 amide bonds. The average Bonchev–Trinajstić information content (AvgIpc) is 2.62. The Labute approximate surface area is 111 Å². The van der Waals surface area contributed by atoms with Gasteiger partial charge in [0.1, 0.15) is 0 Å². The van der Waals surface area contributed by atoms with E-state index in [1.807, 2.05) is 13.0 Å². The Morgan fingerprint density at radius 1 is 1.21 bits per heavy atom. The van der Waals surface area contributed by atoms with E-state index in [4.69, 9.17) is 4.74 Å². The molecule has 1 aliphatic heterocycles. The van der Waals surface area contributed by atoms with E-state index in [9.17, 15) is 9.59 Å². The summed E-state index contributed by atoms with van der Waals surface area (Å²) >= 11 is 0. The number of para-hydroxylation sites is 1. The van der Waals surface area contributed by atoms with Crippen molar-refractivity contribution in [2.45, 2.75) is 31.8 Å². The van der Waals surface area contributed by atoms with Crippen molar-refractivity contribution >= 4 is 17.7 Å². The van der Waals surface area contributed by atoms with Crippen LogP contribution in [0, 0.1) is 0 Å². The molecule has 1 spiro atoms. The molecule has 0 aromatic heterocycles. The highest BCUT2D eigenvalue weighted by molar-refractivity contribution is 6.20. The summed E-state index contributed by atoms with van der Waals surface area (Å²) in [6, 6.07) is 8.92. The lowest BCUT2D eigenvalue weighted by Gasteiger charge is -2.28. The smallest absolute Gasteiger partial charge is 0.422 e. The predicted molar refractivity (Wildman–Crippen MR) is 70.7 cm³/mol. The van der Waals surface area contributed by atoms with Crippen molar-refractivity contribution in [2.24, 2.45) is 0 Å². The summed E-state index contributed by atoms with van der Waals surface area (Å²) < 4.78 is 5.44. The van der Waals surface area contributed by atoms with E-state index in [1.54, 1.807) is 24.3 Å². The van der Waals surface area contributed by atoms with Crippen LogP contribution >= 0.6 is 0 Å². The van der Waals surface area contributed by atoms with Crippen LogP contribution in [-0.4, -0.2) is 17.6 Å². The van der Waals surface area contributed by atoms with Gasteiger partial charge in [-0.3, -0.25) is 4.79 Å². The number of amides is 2. The number of hydrogen-bond donors (Lipinski definition) is 0. The van der Waals surface area contributed by atoms with Gasteiger partial charge in [0.2, 0.25) is 0 Å². The van der Waals surface area contributed by atoms with E-state index in [2.05, 4.69) is 6.08 Å². The van der Waals surface area contributed by atoms with Crippen molar-refractivity contribution in [3.8, 4) is 0 Å². The number of ether oxygens (including phenoxy) is 1. The molecule has 1 aromatic carbocycles. The molecule has 4 nitrogen and oxygen atoms in total. The van der Waals surface area contributed by atoms with E-state index in [0.717, 1.165) is 16.9 Å².